The number of anilines is 2. The summed E-state index contributed by atoms with van der Waals surface area (Å²) in [5.41, 5.74) is -0.746. The lowest BCUT2D eigenvalue weighted by Gasteiger charge is -2.39. The minimum atomic E-state index is -4.89. The Morgan fingerprint density at radius 2 is 1.85 bits per heavy atom. The third kappa shape index (κ3) is 10.0. The third-order valence-corrected chi connectivity index (χ3v) is 12.3. The number of piperazine rings is 1. The number of halogens is 1. The number of carbonyl (C=O) groups is 1. The van der Waals surface area contributed by atoms with Gasteiger partial charge in [-0.25, -0.2) is 18.1 Å². The second-order valence-corrected chi connectivity index (χ2v) is 17.8. The van der Waals surface area contributed by atoms with Crippen LogP contribution in [0.4, 0.5) is 17.1 Å². The Morgan fingerprint density at radius 3 is 2.61 bits per heavy atom. The van der Waals surface area contributed by atoms with E-state index in [9.17, 15) is 37.0 Å². The Kier molecular flexibility index (Phi) is 9.19. The van der Waals surface area contributed by atoms with Crippen molar-refractivity contribution in [2.24, 2.45) is 11.3 Å². The summed E-state index contributed by atoms with van der Waals surface area (Å²) in [4.78, 5) is 32.2. The largest absolute Gasteiger partial charge is 0.455 e. The molecule has 4 heterocycles. The van der Waals surface area contributed by atoms with Crippen molar-refractivity contribution >= 4 is 61.2 Å². The Bertz CT molecular complexity index is 3020. The number of amides is 1. The maximum Gasteiger partial charge on any atom is 0.293 e. The number of ether oxygens (including phenoxy) is 2. The molecule has 2 aliphatic heterocycles. The molecule has 2 saturated heterocycles. The molecule has 2 aromatic heterocycles. The van der Waals surface area contributed by atoms with E-state index in [0.29, 0.717) is 53.4 Å². The number of hydrogen-bond donors (Lipinski definition) is 3. The van der Waals surface area contributed by atoms with E-state index in [2.05, 4.69) is 15.3 Å². The van der Waals surface area contributed by atoms with Gasteiger partial charge in [0, 0.05) is 94.9 Å². The van der Waals surface area contributed by atoms with E-state index in [0.717, 1.165) is 43.2 Å². The first-order valence-electron chi connectivity index (χ1n) is 24.6. The molecule has 14 nitrogen and oxygen atoms in total. The fourth-order valence-corrected chi connectivity index (χ4v) is 8.47. The van der Waals surface area contributed by atoms with Crippen LogP contribution in [0.1, 0.15) is 75.6 Å². The van der Waals surface area contributed by atoms with Gasteiger partial charge in [-0.05, 0) is 103 Å². The van der Waals surface area contributed by atoms with Crippen molar-refractivity contribution in [2.75, 3.05) is 62.5 Å². The number of fused-ring (bicyclic) bond motifs is 1. The van der Waals surface area contributed by atoms with E-state index in [1.165, 1.54) is 18.3 Å². The van der Waals surface area contributed by atoms with Crippen LogP contribution < -0.4 is 19.7 Å². The number of rotatable bonds is 13. The van der Waals surface area contributed by atoms with Crippen LogP contribution in [0.2, 0.25) is 5.02 Å². The van der Waals surface area contributed by atoms with Crippen LogP contribution in [-0.4, -0.2) is 86.4 Å². The van der Waals surface area contributed by atoms with Crippen molar-refractivity contribution in [2.45, 2.75) is 50.8 Å². The summed E-state index contributed by atoms with van der Waals surface area (Å²) in [7, 11) is -4.89. The van der Waals surface area contributed by atoms with E-state index >= 15 is 0 Å². The summed E-state index contributed by atoms with van der Waals surface area (Å²) in [5, 5.41) is 16.1. The highest BCUT2D eigenvalue weighted by Gasteiger charge is 2.31. The fourth-order valence-electron chi connectivity index (χ4n) is 7.36. The molecule has 1 aliphatic carbocycles. The molecule has 8 rings (SSSR count). The predicted molar refractivity (Wildman–Crippen MR) is 237 cm³/mol. The zero-order valence-corrected chi connectivity index (χ0v) is 34.8. The number of hydrogen-bond acceptors (Lipinski definition) is 11. The van der Waals surface area contributed by atoms with Crippen molar-refractivity contribution in [1.82, 2.24) is 19.6 Å². The van der Waals surface area contributed by atoms with Gasteiger partial charge in [-0.1, -0.05) is 43.2 Å². The first kappa shape index (κ1) is 31.4. The number of aromatic amines is 1. The van der Waals surface area contributed by atoms with Crippen LogP contribution >= 0.6 is 11.6 Å². The van der Waals surface area contributed by atoms with Gasteiger partial charge in [-0.3, -0.25) is 19.8 Å². The highest BCUT2D eigenvalue weighted by molar-refractivity contribution is 7.90. The molecular weight excluding hydrogens is 818 g/mol. The quantitative estimate of drug-likeness (QED) is 0.0764. The highest BCUT2D eigenvalue weighted by Crippen LogP contribution is 2.43. The van der Waals surface area contributed by atoms with E-state index < -0.39 is 80.9 Å². The third-order valence-electron chi connectivity index (χ3n) is 10.8. The molecule has 0 atom stereocenters. The molecule has 1 amide bonds. The van der Waals surface area contributed by atoms with Crippen LogP contribution in [-0.2, 0) is 14.8 Å². The minimum Gasteiger partial charge on any atom is -0.455 e. The van der Waals surface area contributed by atoms with Crippen LogP contribution in [0.25, 0.3) is 16.6 Å². The molecule has 3 N–H and O–H groups in total. The molecular formula is C45H50ClN7O7S. The molecule has 16 heteroatoms. The first-order valence-corrected chi connectivity index (χ1v) is 21.5. The molecule has 5 aromatic rings. The topological polar surface area (TPSA) is 172 Å². The lowest BCUT2D eigenvalue weighted by Crippen LogP contribution is -2.47. The van der Waals surface area contributed by atoms with Gasteiger partial charge in [0.05, 0.1) is 27.1 Å². The summed E-state index contributed by atoms with van der Waals surface area (Å²) in [6.07, 6.45) is 4.94. The number of H-pyrrole nitrogens is 1. The average Bonchev–Trinajstić information content (AvgIpc) is 3.75. The summed E-state index contributed by atoms with van der Waals surface area (Å²) in [5.74, 6) is -1.81. The predicted octanol–water partition coefficient (Wildman–Crippen LogP) is 8.66. The molecule has 0 spiro atoms. The molecule has 2 fully saturated rings. The summed E-state index contributed by atoms with van der Waals surface area (Å²) in [6.45, 7) is -12.4. The molecule has 0 radical (unpaired) electrons. The smallest absolute Gasteiger partial charge is 0.293 e. The number of nitro groups is 1. The van der Waals surface area contributed by atoms with Crippen molar-refractivity contribution in [3.8, 4) is 11.5 Å². The summed E-state index contributed by atoms with van der Waals surface area (Å²) in [6, 6.07) is 15.4. The lowest BCUT2D eigenvalue weighted by molar-refractivity contribution is -0.384. The average molecular weight is 879 g/mol. The van der Waals surface area contributed by atoms with Crippen LogP contribution in [0.5, 0.6) is 11.5 Å². The van der Waals surface area contributed by atoms with Crippen molar-refractivity contribution in [3.63, 3.8) is 0 Å². The Hall–Kier alpha value is -5.48. The maximum absolute atomic E-state index is 14.1. The van der Waals surface area contributed by atoms with Gasteiger partial charge in [0.2, 0.25) is 0 Å². The SMILES string of the molecule is [2H]C([2H])(C1=C(c2ccc(Cl)cc2)CC(C)(C)CC1)N1C([2H])([2H])C([2H])([2H])N(c2ccc(C(=O)NS(=O)(=O)c3ccc(NCC4CCOCC4)c([N+](=O)[O-])c3)c(Oc3cnc4[nH]ccc4c3)c2)C([2H])([2H])C1([2H])[2H]. The number of nitrogens with zero attached hydrogens (tertiary/aromatic N) is 4. The van der Waals surface area contributed by atoms with Crippen molar-refractivity contribution in [3.05, 3.63) is 117 Å². The lowest BCUT2D eigenvalue weighted by atomic mass is 9.72. The maximum atomic E-state index is 14.1. The van der Waals surface area contributed by atoms with Crippen molar-refractivity contribution < 1.29 is 41.3 Å². The highest BCUT2D eigenvalue weighted by atomic mass is 35.5. The number of pyridine rings is 1. The second kappa shape index (κ2) is 17.9. The second-order valence-electron chi connectivity index (χ2n) is 15.7. The number of sulfonamides is 1. The minimum absolute atomic E-state index is 0.00399. The first-order chi connectivity index (χ1) is 33.1. The van der Waals surface area contributed by atoms with Gasteiger partial charge in [-0.2, -0.15) is 0 Å². The van der Waals surface area contributed by atoms with Gasteiger partial charge in [0.15, 0.2) is 0 Å². The normalized spacial score (nSPS) is 23.6. The van der Waals surface area contributed by atoms with Crippen molar-refractivity contribution in [1.29, 1.82) is 0 Å². The van der Waals surface area contributed by atoms with E-state index in [1.807, 2.05) is 18.6 Å². The molecule has 3 aromatic carbocycles. The number of carbonyl (C=O) groups excluding carboxylic acids is 1. The van der Waals surface area contributed by atoms with Crippen LogP contribution in [0.15, 0.2) is 95.7 Å². The Labute approximate surface area is 374 Å². The summed E-state index contributed by atoms with van der Waals surface area (Å²) < 4.78 is 135. The number of benzene rings is 3. The van der Waals surface area contributed by atoms with E-state index in [4.69, 9.17) is 21.1 Å². The molecule has 3 aliphatic rings. The molecule has 0 unspecified atom stereocenters. The number of nitrogens with one attached hydrogen (secondary N) is 3. The van der Waals surface area contributed by atoms with Gasteiger partial charge >= 0.3 is 0 Å². The fraction of sp³-hybridized carbons (Fsp3) is 0.378. The number of allylic oxidation sites excluding steroid dienone is 1. The molecule has 320 valence electrons. The van der Waals surface area contributed by atoms with E-state index in [-0.39, 0.29) is 51.0 Å². The molecule has 61 heavy (non-hydrogen) atoms. The van der Waals surface area contributed by atoms with Gasteiger partial charge in [0.25, 0.3) is 21.6 Å². The van der Waals surface area contributed by atoms with Crippen LogP contribution in [0.3, 0.4) is 0 Å². The van der Waals surface area contributed by atoms with Crippen LogP contribution in [0, 0.1) is 21.4 Å². The molecule has 0 bridgehead atoms. The zero-order chi connectivity index (χ0) is 51.7. The van der Waals surface area contributed by atoms with Gasteiger partial charge in [0.1, 0.15) is 22.8 Å². The Morgan fingerprint density at radius 1 is 1.08 bits per heavy atom. The number of aromatic nitrogens is 2. The monoisotopic (exact) mass is 877 g/mol. The summed E-state index contributed by atoms with van der Waals surface area (Å²) >= 11 is 6.18. The van der Waals surface area contributed by atoms with Gasteiger partial charge in [-0.15, -0.1) is 0 Å². The molecule has 0 saturated carbocycles. The Balaban J connectivity index is 1.17. The number of nitro benzene ring substituents is 1. The standard InChI is InChI=1S/C45H50ClN7O7S/c1-45(2)15-11-33(39(26-45)31-3-5-34(46)6-4-31)29-51-17-19-52(20-18-51)35-7-9-38(42(24-35)60-36-23-32-12-16-47-43(32)49-28-36)44(54)50-61(57,58)37-8-10-40(41(25-37)53(55)56)48-27-30-13-21-59-22-14-30/h3-10,12,16,23-25,28,30,48H,11,13-15,17-22,26-27,29H2,1-2H3,(H,47,49)(H,50,54)/i17D2,18D2,19D2,20D2,29D2. The van der Waals surface area contributed by atoms with E-state index in [1.54, 1.807) is 36.5 Å². The zero-order valence-electron chi connectivity index (χ0n) is 43.2. The van der Waals surface area contributed by atoms with Gasteiger partial charge < -0.3 is 24.7 Å².